The number of carbonyl (C=O) groups is 2. The van der Waals surface area contributed by atoms with E-state index in [1.807, 2.05) is 0 Å². The largest absolute Gasteiger partial charge is 0.486 e. The summed E-state index contributed by atoms with van der Waals surface area (Å²) >= 11 is 0. The van der Waals surface area contributed by atoms with E-state index in [4.69, 9.17) is 9.47 Å². The third-order valence-electron chi connectivity index (χ3n) is 5.87. The van der Waals surface area contributed by atoms with Crippen LogP contribution in [0.2, 0.25) is 0 Å². The second-order valence-electron chi connectivity index (χ2n) is 8.62. The molecule has 39 heavy (non-hydrogen) atoms. The van der Waals surface area contributed by atoms with Gasteiger partial charge in [-0.2, -0.15) is 0 Å². The Morgan fingerprint density at radius 3 is 1.36 bits per heavy atom. The van der Waals surface area contributed by atoms with Crippen LogP contribution in [-0.4, -0.2) is 62.9 Å². The zero-order valence-corrected chi connectivity index (χ0v) is 21.9. The van der Waals surface area contributed by atoms with E-state index in [0.29, 0.717) is 47.2 Å². The molecule has 2 heterocycles. The maximum absolute atomic E-state index is 12.7. The number of nitrogens with one attached hydrogen (secondary N) is 4. The lowest BCUT2D eigenvalue weighted by molar-refractivity contribution is 0.101. The molecule has 202 valence electrons. The van der Waals surface area contributed by atoms with E-state index in [9.17, 15) is 9.59 Å². The van der Waals surface area contributed by atoms with Gasteiger partial charge in [0.1, 0.15) is 36.4 Å². The predicted molar refractivity (Wildman–Crippen MR) is 154 cm³/mol. The molecule has 2 aliphatic heterocycles. The Kier molecular flexibility index (Phi) is 9.36. The first-order valence-corrected chi connectivity index (χ1v) is 12.4. The molecule has 3 aromatic rings. The summed E-state index contributed by atoms with van der Waals surface area (Å²) in [6.45, 7) is 4.01. The van der Waals surface area contributed by atoms with Crippen LogP contribution in [0.3, 0.4) is 0 Å². The summed E-state index contributed by atoms with van der Waals surface area (Å²) in [6, 6.07) is 20.7. The molecule has 10 nitrogen and oxygen atoms in total. The Bertz CT molecular complexity index is 1240. The second kappa shape index (κ2) is 13.3. The number of nitrogens with zero attached hydrogens (tertiary/aromatic N) is 2. The standard InChI is InChI=1S/C28H28N6O4.ClH/c35-27(33-21-5-9-23(10-6-21)37-17-25-29-13-14-30-25)19-1-2-20(4-3-19)28(36)34-22-7-11-24(12-8-22)38-18-26-31-15-16-32-26;/h1-12H,13-18H2,(H,29,30)(H,31,32)(H,33,35)(H,34,36);1H. The van der Waals surface area contributed by atoms with Gasteiger partial charge in [0.05, 0.1) is 13.1 Å². The average Bonchev–Trinajstić information content (AvgIpc) is 3.67. The number of halogens is 1. The lowest BCUT2D eigenvalue weighted by Gasteiger charge is -2.10. The summed E-state index contributed by atoms with van der Waals surface area (Å²) < 4.78 is 11.4. The molecule has 0 atom stereocenters. The van der Waals surface area contributed by atoms with Crippen LogP contribution in [0.4, 0.5) is 11.4 Å². The number of anilines is 2. The number of amidine groups is 2. The van der Waals surface area contributed by atoms with Crippen LogP contribution in [0, 0.1) is 0 Å². The van der Waals surface area contributed by atoms with Crippen molar-refractivity contribution in [3.63, 3.8) is 0 Å². The molecular weight excluding hydrogens is 520 g/mol. The SMILES string of the molecule is Cl.O=C(Nc1ccc(OCC2=NCCN2)cc1)c1ccc(C(=O)Nc2ccc(OCC3=NCCN3)cc2)cc1. The fraction of sp³-hybridized carbons (Fsp3) is 0.214. The van der Waals surface area contributed by atoms with E-state index in [1.54, 1.807) is 72.8 Å². The summed E-state index contributed by atoms with van der Waals surface area (Å²) in [5, 5.41) is 12.0. The van der Waals surface area contributed by atoms with Crippen LogP contribution < -0.4 is 30.7 Å². The van der Waals surface area contributed by atoms with Crippen molar-refractivity contribution in [2.24, 2.45) is 9.98 Å². The topological polar surface area (TPSA) is 125 Å². The summed E-state index contributed by atoms with van der Waals surface area (Å²) in [7, 11) is 0. The summed E-state index contributed by atoms with van der Waals surface area (Å²) in [5.41, 5.74) is 2.16. The van der Waals surface area contributed by atoms with E-state index < -0.39 is 0 Å². The van der Waals surface area contributed by atoms with Crippen molar-refractivity contribution in [3.05, 3.63) is 83.9 Å². The average molecular weight is 549 g/mol. The molecule has 0 bridgehead atoms. The van der Waals surface area contributed by atoms with Crippen molar-refractivity contribution in [1.29, 1.82) is 0 Å². The molecule has 0 aliphatic carbocycles. The van der Waals surface area contributed by atoms with Gasteiger partial charge in [-0.15, -0.1) is 12.4 Å². The third-order valence-corrected chi connectivity index (χ3v) is 5.87. The number of carbonyl (C=O) groups excluding carboxylic acids is 2. The Hall–Kier alpha value is -4.57. The van der Waals surface area contributed by atoms with E-state index in [-0.39, 0.29) is 24.2 Å². The molecule has 3 aromatic carbocycles. The molecule has 0 saturated heterocycles. The van der Waals surface area contributed by atoms with Gasteiger partial charge >= 0.3 is 0 Å². The first kappa shape index (κ1) is 27.5. The molecule has 11 heteroatoms. The second-order valence-corrected chi connectivity index (χ2v) is 8.62. The molecule has 2 aliphatic rings. The minimum Gasteiger partial charge on any atom is -0.486 e. The highest BCUT2D eigenvalue weighted by molar-refractivity contribution is 6.07. The van der Waals surface area contributed by atoms with Crippen LogP contribution in [0.15, 0.2) is 82.8 Å². The summed E-state index contributed by atoms with van der Waals surface area (Å²) in [6.07, 6.45) is 0. The van der Waals surface area contributed by atoms with Crippen molar-refractivity contribution in [2.45, 2.75) is 0 Å². The summed E-state index contributed by atoms with van der Waals surface area (Å²) in [5.74, 6) is 2.51. The highest BCUT2D eigenvalue weighted by Crippen LogP contribution is 2.19. The molecule has 0 unspecified atom stereocenters. The normalized spacial score (nSPS) is 13.6. The van der Waals surface area contributed by atoms with E-state index in [1.165, 1.54) is 0 Å². The quantitative estimate of drug-likeness (QED) is 0.308. The molecule has 0 radical (unpaired) electrons. The minimum atomic E-state index is -0.274. The van der Waals surface area contributed by atoms with Crippen molar-refractivity contribution in [3.8, 4) is 11.5 Å². The number of rotatable bonds is 10. The molecule has 2 amide bonds. The molecular formula is C28H29ClN6O4. The molecule has 0 aromatic heterocycles. The maximum atomic E-state index is 12.7. The lowest BCUT2D eigenvalue weighted by Crippen LogP contribution is -2.24. The van der Waals surface area contributed by atoms with Crippen molar-refractivity contribution < 1.29 is 19.1 Å². The van der Waals surface area contributed by atoms with Gasteiger partial charge in [0.25, 0.3) is 11.8 Å². The third kappa shape index (κ3) is 7.71. The first-order chi connectivity index (χ1) is 18.6. The van der Waals surface area contributed by atoms with Gasteiger partial charge in [-0.3, -0.25) is 19.6 Å². The molecule has 0 saturated carbocycles. The number of aliphatic imine (C=N–C) groups is 2. The zero-order chi connectivity index (χ0) is 26.2. The van der Waals surface area contributed by atoms with Gasteiger partial charge in [0.2, 0.25) is 0 Å². The highest BCUT2D eigenvalue weighted by Gasteiger charge is 2.11. The fourth-order valence-electron chi connectivity index (χ4n) is 3.84. The van der Waals surface area contributed by atoms with Gasteiger partial charge < -0.3 is 30.7 Å². The summed E-state index contributed by atoms with van der Waals surface area (Å²) in [4.78, 5) is 33.9. The molecule has 0 fully saturated rings. The van der Waals surface area contributed by atoms with Gasteiger partial charge in [-0.25, -0.2) is 0 Å². The predicted octanol–water partition coefficient (Wildman–Crippen LogP) is 3.37. The number of benzene rings is 3. The molecule has 5 rings (SSSR count). The van der Waals surface area contributed by atoms with Crippen LogP contribution in [0.5, 0.6) is 11.5 Å². The Balaban J connectivity index is 0.00000353. The van der Waals surface area contributed by atoms with Gasteiger partial charge in [0.15, 0.2) is 0 Å². The van der Waals surface area contributed by atoms with Crippen LogP contribution >= 0.6 is 12.4 Å². The smallest absolute Gasteiger partial charge is 0.255 e. The Morgan fingerprint density at radius 1 is 0.641 bits per heavy atom. The molecule has 4 N–H and O–H groups in total. The van der Waals surface area contributed by atoms with Gasteiger partial charge in [-0.1, -0.05) is 0 Å². The van der Waals surface area contributed by atoms with Gasteiger partial charge in [-0.05, 0) is 72.8 Å². The maximum Gasteiger partial charge on any atom is 0.255 e. The number of ether oxygens (including phenoxy) is 2. The monoisotopic (exact) mass is 548 g/mol. The highest BCUT2D eigenvalue weighted by atomic mass is 35.5. The minimum absolute atomic E-state index is 0. The van der Waals surface area contributed by atoms with Crippen molar-refractivity contribution in [1.82, 2.24) is 10.6 Å². The zero-order valence-electron chi connectivity index (χ0n) is 21.1. The molecule has 0 spiro atoms. The number of hydrogen-bond donors (Lipinski definition) is 4. The fourth-order valence-corrected chi connectivity index (χ4v) is 3.84. The Labute approximate surface area is 232 Å². The van der Waals surface area contributed by atoms with Crippen LogP contribution in [0.25, 0.3) is 0 Å². The van der Waals surface area contributed by atoms with Gasteiger partial charge in [0, 0.05) is 35.6 Å². The van der Waals surface area contributed by atoms with Crippen LogP contribution in [0.1, 0.15) is 20.7 Å². The van der Waals surface area contributed by atoms with E-state index in [2.05, 4.69) is 31.3 Å². The van der Waals surface area contributed by atoms with E-state index >= 15 is 0 Å². The van der Waals surface area contributed by atoms with Crippen molar-refractivity contribution in [2.75, 3.05) is 50.0 Å². The first-order valence-electron chi connectivity index (χ1n) is 12.4. The Morgan fingerprint density at radius 2 is 1.03 bits per heavy atom. The number of hydrogen-bond acceptors (Lipinski definition) is 8. The van der Waals surface area contributed by atoms with Crippen molar-refractivity contribution >= 4 is 47.3 Å². The van der Waals surface area contributed by atoms with E-state index in [0.717, 1.165) is 37.9 Å². The van der Waals surface area contributed by atoms with Crippen LogP contribution in [-0.2, 0) is 0 Å². The number of amides is 2. The lowest BCUT2D eigenvalue weighted by atomic mass is 10.1.